The summed E-state index contributed by atoms with van der Waals surface area (Å²) in [5.41, 5.74) is 0. The van der Waals surface area contributed by atoms with Gasteiger partial charge in [-0.3, -0.25) is 0 Å². The van der Waals surface area contributed by atoms with Crippen molar-refractivity contribution in [2.24, 2.45) is 5.92 Å². The van der Waals surface area contributed by atoms with Gasteiger partial charge in [-0.1, -0.05) is 0 Å². The lowest BCUT2D eigenvalue weighted by atomic mass is 9.93. The van der Waals surface area contributed by atoms with Gasteiger partial charge in [-0.15, -0.1) is 0 Å². The molecule has 2 aliphatic rings. The lowest BCUT2D eigenvalue weighted by Gasteiger charge is -2.28. The highest BCUT2D eigenvalue weighted by atomic mass is 35.5. The number of ether oxygens (including phenoxy) is 1. The van der Waals surface area contributed by atoms with Crippen molar-refractivity contribution in [3.8, 4) is 0 Å². The maximum atomic E-state index is 6.05. The molecule has 21 heavy (non-hydrogen) atoms. The van der Waals surface area contributed by atoms with Crippen molar-refractivity contribution >= 4 is 23.5 Å². The Morgan fingerprint density at radius 1 is 1.19 bits per heavy atom. The van der Waals surface area contributed by atoms with Crippen LogP contribution in [0.4, 0.5) is 11.9 Å². The molecule has 0 radical (unpaired) electrons. The van der Waals surface area contributed by atoms with Gasteiger partial charge in [-0.2, -0.15) is 15.0 Å². The Labute approximate surface area is 130 Å². The van der Waals surface area contributed by atoms with Gasteiger partial charge in [0.2, 0.25) is 17.2 Å². The van der Waals surface area contributed by atoms with Gasteiger partial charge in [0.25, 0.3) is 0 Å². The average molecular weight is 312 g/mol. The quantitative estimate of drug-likeness (QED) is 0.921. The molecular formula is C14H22ClN5O. The van der Waals surface area contributed by atoms with Gasteiger partial charge < -0.3 is 15.0 Å². The maximum Gasteiger partial charge on any atom is 0.231 e. The van der Waals surface area contributed by atoms with E-state index in [0.717, 1.165) is 39.1 Å². The van der Waals surface area contributed by atoms with Crippen LogP contribution in [0.2, 0.25) is 5.28 Å². The van der Waals surface area contributed by atoms with Crippen LogP contribution >= 0.6 is 11.6 Å². The highest BCUT2D eigenvalue weighted by Crippen LogP contribution is 2.23. The fraction of sp³-hybridized carbons (Fsp3) is 0.786. The molecule has 2 fully saturated rings. The van der Waals surface area contributed by atoms with Crippen molar-refractivity contribution in [2.45, 2.75) is 38.6 Å². The Morgan fingerprint density at radius 3 is 2.62 bits per heavy atom. The number of hydrogen-bond donors (Lipinski definition) is 1. The molecule has 1 aromatic heterocycles. The second-order valence-electron chi connectivity index (χ2n) is 5.81. The fourth-order valence-corrected chi connectivity index (χ4v) is 3.16. The van der Waals surface area contributed by atoms with E-state index in [2.05, 4.69) is 32.1 Å². The number of nitrogens with one attached hydrogen (secondary N) is 1. The first kappa shape index (κ1) is 14.8. The molecular weight excluding hydrogens is 290 g/mol. The molecule has 0 amide bonds. The number of aromatic nitrogens is 3. The van der Waals surface area contributed by atoms with Crippen molar-refractivity contribution in [1.82, 2.24) is 15.0 Å². The van der Waals surface area contributed by atoms with Crippen molar-refractivity contribution in [3.05, 3.63) is 5.28 Å². The summed E-state index contributed by atoms with van der Waals surface area (Å²) in [6.07, 6.45) is 4.52. The number of nitrogens with zero attached hydrogens (tertiary/aromatic N) is 4. The standard InChI is InChI=1S/C14H22ClN5O/c1-10(11-4-8-21-9-5-11)16-13-17-12(15)18-14(19-13)20-6-2-3-7-20/h10-11H,2-9H2,1H3,(H,16,17,18,19). The normalized spacial score (nSPS) is 21.5. The minimum atomic E-state index is 0.258. The summed E-state index contributed by atoms with van der Waals surface area (Å²) in [5, 5.41) is 3.65. The van der Waals surface area contributed by atoms with E-state index < -0.39 is 0 Å². The van der Waals surface area contributed by atoms with Crippen LogP contribution < -0.4 is 10.2 Å². The molecule has 0 bridgehead atoms. The molecule has 6 nitrogen and oxygen atoms in total. The second kappa shape index (κ2) is 6.75. The predicted octanol–water partition coefficient (Wildman–Crippen LogP) is 2.35. The van der Waals surface area contributed by atoms with Gasteiger partial charge in [0, 0.05) is 32.3 Å². The second-order valence-corrected chi connectivity index (χ2v) is 6.14. The first-order chi connectivity index (χ1) is 10.2. The number of anilines is 2. The number of rotatable bonds is 4. The zero-order valence-corrected chi connectivity index (χ0v) is 13.1. The Hall–Kier alpha value is -1.14. The maximum absolute atomic E-state index is 6.05. The average Bonchev–Trinajstić information content (AvgIpc) is 3.02. The minimum Gasteiger partial charge on any atom is -0.381 e. The lowest BCUT2D eigenvalue weighted by molar-refractivity contribution is 0.0621. The molecule has 0 aromatic carbocycles. The highest BCUT2D eigenvalue weighted by molar-refractivity contribution is 6.28. The third-order valence-corrected chi connectivity index (χ3v) is 4.48. The Kier molecular flexibility index (Phi) is 4.75. The molecule has 1 N–H and O–H groups in total. The van der Waals surface area contributed by atoms with Gasteiger partial charge >= 0.3 is 0 Å². The Bertz CT molecular complexity index is 474. The predicted molar refractivity (Wildman–Crippen MR) is 82.9 cm³/mol. The molecule has 0 spiro atoms. The van der Waals surface area contributed by atoms with E-state index in [1.807, 2.05) is 0 Å². The van der Waals surface area contributed by atoms with Gasteiger partial charge in [-0.05, 0) is 50.1 Å². The van der Waals surface area contributed by atoms with Gasteiger partial charge in [0.05, 0.1) is 0 Å². The fourth-order valence-electron chi connectivity index (χ4n) is 3.00. The van der Waals surface area contributed by atoms with Crippen LogP contribution in [0.1, 0.15) is 32.6 Å². The first-order valence-electron chi connectivity index (χ1n) is 7.73. The third kappa shape index (κ3) is 3.74. The number of hydrogen-bond acceptors (Lipinski definition) is 6. The van der Waals surface area contributed by atoms with Crippen LogP contribution in [-0.2, 0) is 4.74 Å². The van der Waals surface area contributed by atoms with Gasteiger partial charge in [0.15, 0.2) is 0 Å². The van der Waals surface area contributed by atoms with Crippen LogP contribution in [0.5, 0.6) is 0 Å². The van der Waals surface area contributed by atoms with E-state index in [1.54, 1.807) is 0 Å². The SMILES string of the molecule is CC(Nc1nc(Cl)nc(N2CCCC2)n1)C1CCOCC1. The van der Waals surface area contributed by atoms with Crippen LogP contribution in [0.15, 0.2) is 0 Å². The van der Waals surface area contributed by atoms with E-state index >= 15 is 0 Å². The van der Waals surface area contributed by atoms with Crippen LogP contribution in [-0.4, -0.2) is 47.3 Å². The van der Waals surface area contributed by atoms with E-state index in [-0.39, 0.29) is 5.28 Å². The van der Waals surface area contributed by atoms with Crippen molar-refractivity contribution in [1.29, 1.82) is 0 Å². The van der Waals surface area contributed by atoms with Gasteiger partial charge in [0.1, 0.15) is 0 Å². The summed E-state index contributed by atoms with van der Waals surface area (Å²) < 4.78 is 5.41. The smallest absolute Gasteiger partial charge is 0.231 e. The molecule has 1 unspecified atom stereocenters. The third-order valence-electron chi connectivity index (χ3n) is 4.32. The lowest BCUT2D eigenvalue weighted by Crippen LogP contribution is -2.32. The molecule has 3 rings (SSSR count). The summed E-state index contributed by atoms with van der Waals surface area (Å²) >= 11 is 6.05. The zero-order chi connectivity index (χ0) is 14.7. The number of halogens is 1. The van der Waals surface area contributed by atoms with Crippen molar-refractivity contribution in [2.75, 3.05) is 36.5 Å². The monoisotopic (exact) mass is 311 g/mol. The highest BCUT2D eigenvalue weighted by Gasteiger charge is 2.22. The van der Waals surface area contributed by atoms with Crippen molar-refractivity contribution in [3.63, 3.8) is 0 Å². The summed E-state index contributed by atoms with van der Waals surface area (Å²) in [6, 6.07) is 0.304. The topological polar surface area (TPSA) is 63.2 Å². The molecule has 7 heteroatoms. The molecule has 0 saturated carbocycles. The minimum absolute atomic E-state index is 0.258. The van der Waals surface area contributed by atoms with Crippen LogP contribution in [0, 0.1) is 5.92 Å². The van der Waals surface area contributed by atoms with Crippen LogP contribution in [0.25, 0.3) is 0 Å². The van der Waals surface area contributed by atoms with Crippen LogP contribution in [0.3, 0.4) is 0 Å². The largest absolute Gasteiger partial charge is 0.381 e. The van der Waals surface area contributed by atoms with Crippen molar-refractivity contribution < 1.29 is 4.74 Å². The summed E-state index contributed by atoms with van der Waals surface area (Å²) in [4.78, 5) is 15.2. The summed E-state index contributed by atoms with van der Waals surface area (Å²) in [7, 11) is 0. The van der Waals surface area contributed by atoms with E-state index in [9.17, 15) is 0 Å². The molecule has 2 aliphatic heterocycles. The molecule has 0 aliphatic carbocycles. The van der Waals surface area contributed by atoms with E-state index in [1.165, 1.54) is 12.8 Å². The van der Waals surface area contributed by atoms with E-state index in [0.29, 0.717) is 23.9 Å². The molecule has 1 atom stereocenters. The molecule has 2 saturated heterocycles. The zero-order valence-electron chi connectivity index (χ0n) is 12.4. The molecule has 3 heterocycles. The Morgan fingerprint density at radius 2 is 1.90 bits per heavy atom. The van der Waals surface area contributed by atoms with Gasteiger partial charge in [-0.25, -0.2) is 0 Å². The molecule has 116 valence electrons. The summed E-state index contributed by atoms with van der Waals surface area (Å²) in [6.45, 7) is 5.84. The van der Waals surface area contributed by atoms with E-state index in [4.69, 9.17) is 16.3 Å². The Balaban J connectivity index is 1.69. The first-order valence-corrected chi connectivity index (χ1v) is 8.11. The molecule has 1 aromatic rings. The summed E-state index contributed by atoms with van der Waals surface area (Å²) in [5.74, 6) is 1.86.